The molecule has 1 N–H and O–H groups in total. The Morgan fingerprint density at radius 3 is 2.75 bits per heavy atom. The van der Waals surface area contributed by atoms with Crippen molar-refractivity contribution in [3.63, 3.8) is 0 Å². The van der Waals surface area contributed by atoms with Crippen molar-refractivity contribution >= 4 is 28.6 Å². The summed E-state index contributed by atoms with van der Waals surface area (Å²) in [5.74, 6) is 0.0737. The number of amides is 1. The molecular weight excluding hydrogens is 286 g/mol. The largest absolute Gasteiger partial charge is 0.350 e. The lowest BCUT2D eigenvalue weighted by atomic mass is 9.80. The summed E-state index contributed by atoms with van der Waals surface area (Å²) < 4.78 is 0. The highest BCUT2D eigenvalue weighted by molar-refractivity contribution is 7.12. The van der Waals surface area contributed by atoms with Crippen molar-refractivity contribution in [1.29, 1.82) is 0 Å². The first kappa shape index (κ1) is 13.8. The molecule has 0 unspecified atom stereocenters. The molecule has 1 amide bonds. The smallest absolute Gasteiger partial charge is 0.261 e. The van der Waals surface area contributed by atoms with E-state index in [1.807, 2.05) is 18.4 Å². The van der Waals surface area contributed by atoms with Crippen LogP contribution in [0.2, 0.25) is 0 Å². The van der Waals surface area contributed by atoms with Gasteiger partial charge in [-0.3, -0.25) is 4.79 Å². The molecule has 106 valence electrons. The third kappa shape index (κ3) is 2.67. The van der Waals surface area contributed by atoms with Crippen LogP contribution in [0.3, 0.4) is 0 Å². The van der Waals surface area contributed by atoms with Gasteiger partial charge in [-0.05, 0) is 59.2 Å². The van der Waals surface area contributed by atoms with Crippen LogP contribution in [0, 0.1) is 6.92 Å². The van der Waals surface area contributed by atoms with Crippen molar-refractivity contribution in [2.45, 2.75) is 38.0 Å². The second kappa shape index (κ2) is 5.70. The molecule has 0 bridgehead atoms. The molecule has 0 aliphatic heterocycles. The Hall–Kier alpha value is -1.13. The Kier molecular flexibility index (Phi) is 3.94. The number of nitrogens with one attached hydrogen (secondary N) is 1. The maximum Gasteiger partial charge on any atom is 0.261 e. The Labute approximate surface area is 127 Å². The minimum absolute atomic E-state index is 0.0737. The minimum Gasteiger partial charge on any atom is -0.350 e. The molecule has 1 aliphatic carbocycles. The predicted molar refractivity (Wildman–Crippen MR) is 85.9 cm³/mol. The number of carbonyl (C=O) groups excluding carboxylic acids is 1. The highest BCUT2D eigenvalue weighted by Gasteiger charge is 2.36. The lowest BCUT2D eigenvalue weighted by Gasteiger charge is -2.28. The zero-order valence-corrected chi connectivity index (χ0v) is 13.3. The van der Waals surface area contributed by atoms with E-state index >= 15 is 0 Å². The van der Waals surface area contributed by atoms with Gasteiger partial charge in [-0.25, -0.2) is 0 Å². The summed E-state index contributed by atoms with van der Waals surface area (Å²) in [4.78, 5) is 13.0. The van der Waals surface area contributed by atoms with Crippen LogP contribution < -0.4 is 5.32 Å². The summed E-state index contributed by atoms with van der Waals surface area (Å²) in [5, 5.41) is 9.57. The van der Waals surface area contributed by atoms with Gasteiger partial charge >= 0.3 is 0 Å². The van der Waals surface area contributed by atoms with Gasteiger partial charge in [-0.2, -0.15) is 11.3 Å². The van der Waals surface area contributed by atoms with Gasteiger partial charge in [0, 0.05) is 12.0 Å². The maximum atomic E-state index is 12.2. The molecule has 4 heteroatoms. The topological polar surface area (TPSA) is 29.1 Å². The van der Waals surface area contributed by atoms with Gasteiger partial charge in [0.05, 0.1) is 4.88 Å². The van der Waals surface area contributed by atoms with Gasteiger partial charge in [0.15, 0.2) is 0 Å². The van der Waals surface area contributed by atoms with Crippen molar-refractivity contribution in [2.24, 2.45) is 0 Å². The zero-order valence-electron chi connectivity index (χ0n) is 11.6. The van der Waals surface area contributed by atoms with Crippen LogP contribution in [0.25, 0.3) is 0 Å². The van der Waals surface area contributed by atoms with E-state index in [0.29, 0.717) is 0 Å². The summed E-state index contributed by atoms with van der Waals surface area (Å²) in [6, 6.07) is 4.18. The molecule has 0 spiro atoms. The van der Waals surface area contributed by atoms with E-state index in [-0.39, 0.29) is 11.3 Å². The average Bonchev–Trinajstić information content (AvgIpc) is 3.17. The molecule has 1 saturated carbocycles. The second-order valence-electron chi connectivity index (χ2n) is 5.67. The van der Waals surface area contributed by atoms with Crippen LogP contribution in [0.1, 0.15) is 46.5 Å². The van der Waals surface area contributed by atoms with E-state index in [4.69, 9.17) is 0 Å². The quantitative estimate of drug-likeness (QED) is 0.893. The molecule has 1 fully saturated rings. The van der Waals surface area contributed by atoms with Crippen LogP contribution in [0.15, 0.2) is 28.3 Å². The van der Waals surface area contributed by atoms with Gasteiger partial charge in [-0.1, -0.05) is 12.8 Å². The zero-order chi connectivity index (χ0) is 14.0. The molecule has 2 aromatic rings. The normalized spacial score (nSPS) is 17.2. The Bertz CT molecular complexity index is 579. The van der Waals surface area contributed by atoms with Crippen LogP contribution >= 0.6 is 22.7 Å². The first-order valence-electron chi connectivity index (χ1n) is 7.06. The first-order chi connectivity index (χ1) is 9.70. The van der Waals surface area contributed by atoms with E-state index in [2.05, 4.69) is 22.1 Å². The van der Waals surface area contributed by atoms with E-state index in [1.54, 1.807) is 11.3 Å². The number of hydrogen-bond acceptors (Lipinski definition) is 3. The third-order valence-corrected chi connectivity index (χ3v) is 5.97. The summed E-state index contributed by atoms with van der Waals surface area (Å²) >= 11 is 3.27. The fourth-order valence-corrected chi connectivity index (χ4v) is 4.67. The molecule has 2 aromatic heterocycles. The lowest BCUT2D eigenvalue weighted by Crippen LogP contribution is -2.38. The van der Waals surface area contributed by atoms with E-state index in [0.717, 1.165) is 17.0 Å². The fourth-order valence-electron chi connectivity index (χ4n) is 3.07. The van der Waals surface area contributed by atoms with Crippen LogP contribution in [0.5, 0.6) is 0 Å². The standard InChI is InChI=1S/C16H19NOS2/c1-12-8-14(20-9-12)15(18)17-11-16(5-2-3-6-16)13-4-7-19-10-13/h4,7-10H,2-3,5-6,11H2,1H3,(H,17,18). The van der Waals surface area contributed by atoms with Gasteiger partial charge in [-0.15, -0.1) is 11.3 Å². The maximum absolute atomic E-state index is 12.2. The van der Waals surface area contributed by atoms with Crippen molar-refractivity contribution in [3.8, 4) is 0 Å². The molecular formula is C16H19NOS2. The first-order valence-corrected chi connectivity index (χ1v) is 8.88. The summed E-state index contributed by atoms with van der Waals surface area (Å²) in [6.45, 7) is 2.79. The molecule has 0 atom stereocenters. The van der Waals surface area contributed by atoms with Gasteiger partial charge in [0.25, 0.3) is 5.91 Å². The highest BCUT2D eigenvalue weighted by Crippen LogP contribution is 2.41. The van der Waals surface area contributed by atoms with Gasteiger partial charge in [0.1, 0.15) is 0 Å². The van der Waals surface area contributed by atoms with Crippen molar-refractivity contribution in [2.75, 3.05) is 6.54 Å². The molecule has 0 saturated heterocycles. The predicted octanol–water partition coefficient (Wildman–Crippen LogP) is 4.36. The lowest BCUT2D eigenvalue weighted by molar-refractivity contribution is 0.0947. The molecule has 1 aliphatic rings. The van der Waals surface area contributed by atoms with Crippen LogP contribution in [-0.4, -0.2) is 12.5 Å². The summed E-state index contributed by atoms with van der Waals surface area (Å²) in [7, 11) is 0. The van der Waals surface area contributed by atoms with Crippen molar-refractivity contribution < 1.29 is 4.79 Å². The summed E-state index contributed by atoms with van der Waals surface area (Å²) in [5.41, 5.74) is 2.73. The fraction of sp³-hybridized carbons (Fsp3) is 0.438. The number of thiophene rings is 2. The number of rotatable bonds is 4. The van der Waals surface area contributed by atoms with E-state index in [9.17, 15) is 4.79 Å². The SMILES string of the molecule is Cc1csc(C(=O)NCC2(c3ccsc3)CCCC2)c1. The van der Waals surface area contributed by atoms with Crippen LogP contribution in [0.4, 0.5) is 0 Å². The second-order valence-corrected chi connectivity index (χ2v) is 7.36. The third-order valence-electron chi connectivity index (χ3n) is 4.24. The Balaban J connectivity index is 1.71. The van der Waals surface area contributed by atoms with Crippen molar-refractivity contribution in [1.82, 2.24) is 5.32 Å². The molecule has 2 nitrogen and oxygen atoms in total. The van der Waals surface area contributed by atoms with Gasteiger partial charge in [0.2, 0.25) is 0 Å². The minimum atomic E-state index is 0.0737. The van der Waals surface area contributed by atoms with Crippen LogP contribution in [-0.2, 0) is 5.41 Å². The van der Waals surface area contributed by atoms with E-state index < -0.39 is 0 Å². The number of aryl methyl sites for hydroxylation is 1. The average molecular weight is 305 g/mol. The van der Waals surface area contributed by atoms with Crippen molar-refractivity contribution in [3.05, 3.63) is 44.3 Å². The molecule has 0 radical (unpaired) electrons. The molecule has 2 heterocycles. The summed E-state index contributed by atoms with van der Waals surface area (Å²) in [6.07, 6.45) is 4.91. The van der Waals surface area contributed by atoms with E-state index in [1.165, 1.54) is 42.6 Å². The number of hydrogen-bond donors (Lipinski definition) is 1. The molecule has 20 heavy (non-hydrogen) atoms. The molecule has 0 aromatic carbocycles. The van der Waals surface area contributed by atoms with Gasteiger partial charge < -0.3 is 5.32 Å². The Morgan fingerprint density at radius 1 is 1.35 bits per heavy atom. The Morgan fingerprint density at radius 2 is 2.15 bits per heavy atom. The highest BCUT2D eigenvalue weighted by atomic mass is 32.1. The number of carbonyl (C=O) groups is 1. The molecule has 3 rings (SSSR count). The monoisotopic (exact) mass is 305 g/mol.